The van der Waals surface area contributed by atoms with Crippen molar-refractivity contribution in [3.8, 4) is 0 Å². The van der Waals surface area contributed by atoms with Gasteiger partial charge in [0.1, 0.15) is 0 Å². The van der Waals surface area contributed by atoms with Crippen molar-refractivity contribution in [1.82, 2.24) is 9.88 Å². The molecule has 2 heterocycles. The van der Waals surface area contributed by atoms with Gasteiger partial charge < -0.3 is 10.5 Å². The van der Waals surface area contributed by atoms with Crippen LogP contribution in [0, 0.1) is 5.92 Å². The SMILES string of the molecule is CN(Cc1ccncc1)C(CN)C1CCOCC1. The minimum atomic E-state index is 0.446. The highest BCUT2D eigenvalue weighted by Crippen LogP contribution is 2.22. The fourth-order valence-electron chi connectivity index (χ4n) is 2.73. The number of pyridine rings is 1. The first-order valence-electron chi connectivity index (χ1n) is 6.68. The lowest BCUT2D eigenvalue weighted by molar-refractivity contribution is 0.0321. The van der Waals surface area contributed by atoms with Crippen LogP contribution in [0.5, 0.6) is 0 Å². The van der Waals surface area contributed by atoms with E-state index >= 15 is 0 Å². The molecule has 1 aliphatic rings. The normalized spacial score (nSPS) is 19.1. The molecule has 1 fully saturated rings. The predicted octanol–water partition coefficient (Wildman–Crippen LogP) is 1.27. The number of hydrogen-bond donors (Lipinski definition) is 1. The summed E-state index contributed by atoms with van der Waals surface area (Å²) < 4.78 is 5.42. The monoisotopic (exact) mass is 249 g/mol. The van der Waals surface area contributed by atoms with Gasteiger partial charge in [-0.25, -0.2) is 0 Å². The summed E-state index contributed by atoms with van der Waals surface area (Å²) in [6.07, 6.45) is 5.94. The summed E-state index contributed by atoms with van der Waals surface area (Å²) in [5, 5.41) is 0. The Morgan fingerprint density at radius 2 is 2.06 bits per heavy atom. The molecular formula is C14H23N3O. The molecule has 0 aromatic carbocycles. The van der Waals surface area contributed by atoms with Crippen molar-refractivity contribution >= 4 is 0 Å². The van der Waals surface area contributed by atoms with Crippen LogP contribution in [0.25, 0.3) is 0 Å². The van der Waals surface area contributed by atoms with E-state index in [-0.39, 0.29) is 0 Å². The maximum atomic E-state index is 5.96. The average Bonchev–Trinajstić information content (AvgIpc) is 2.42. The van der Waals surface area contributed by atoms with Crippen LogP contribution in [0.3, 0.4) is 0 Å². The van der Waals surface area contributed by atoms with Gasteiger partial charge in [0.05, 0.1) is 0 Å². The van der Waals surface area contributed by atoms with Crippen LogP contribution < -0.4 is 5.73 Å². The third kappa shape index (κ3) is 3.51. The number of hydrogen-bond acceptors (Lipinski definition) is 4. The lowest BCUT2D eigenvalue weighted by atomic mass is 9.90. The number of ether oxygens (including phenoxy) is 1. The zero-order valence-electron chi connectivity index (χ0n) is 11.1. The van der Waals surface area contributed by atoms with E-state index < -0.39 is 0 Å². The maximum absolute atomic E-state index is 5.96. The zero-order chi connectivity index (χ0) is 12.8. The number of rotatable bonds is 5. The van der Waals surface area contributed by atoms with Gasteiger partial charge in [-0.1, -0.05) is 0 Å². The molecule has 1 aliphatic heterocycles. The first-order valence-corrected chi connectivity index (χ1v) is 6.68. The molecule has 2 N–H and O–H groups in total. The van der Waals surface area contributed by atoms with Crippen molar-refractivity contribution in [2.24, 2.45) is 11.7 Å². The molecule has 1 atom stereocenters. The highest BCUT2D eigenvalue weighted by Gasteiger charge is 2.26. The first kappa shape index (κ1) is 13.5. The Hall–Kier alpha value is -0.970. The molecule has 4 heteroatoms. The van der Waals surface area contributed by atoms with Crippen LogP contribution in [0.15, 0.2) is 24.5 Å². The Morgan fingerprint density at radius 3 is 2.67 bits per heavy atom. The van der Waals surface area contributed by atoms with E-state index in [2.05, 4.69) is 29.1 Å². The van der Waals surface area contributed by atoms with Gasteiger partial charge in [0.15, 0.2) is 0 Å². The highest BCUT2D eigenvalue weighted by atomic mass is 16.5. The molecular weight excluding hydrogens is 226 g/mol. The molecule has 1 aromatic rings. The second-order valence-corrected chi connectivity index (χ2v) is 5.02. The van der Waals surface area contributed by atoms with E-state index in [1.54, 1.807) is 0 Å². The van der Waals surface area contributed by atoms with Crippen molar-refractivity contribution < 1.29 is 4.74 Å². The van der Waals surface area contributed by atoms with Crippen molar-refractivity contribution in [3.63, 3.8) is 0 Å². The number of nitrogens with zero attached hydrogens (tertiary/aromatic N) is 2. The van der Waals surface area contributed by atoms with E-state index in [4.69, 9.17) is 10.5 Å². The van der Waals surface area contributed by atoms with Crippen LogP contribution in [0.2, 0.25) is 0 Å². The fraction of sp³-hybridized carbons (Fsp3) is 0.643. The summed E-state index contributed by atoms with van der Waals surface area (Å²) in [7, 11) is 2.16. The Kier molecular flexibility index (Phi) is 5.11. The maximum Gasteiger partial charge on any atom is 0.0469 e. The van der Waals surface area contributed by atoms with Crippen molar-refractivity contribution in [2.75, 3.05) is 26.8 Å². The molecule has 0 saturated carbocycles. The number of nitrogens with two attached hydrogens (primary N) is 1. The number of aromatic nitrogens is 1. The number of likely N-dealkylation sites (N-methyl/N-ethyl adjacent to an activating group) is 1. The molecule has 1 aromatic heterocycles. The van der Waals surface area contributed by atoms with E-state index in [9.17, 15) is 0 Å². The van der Waals surface area contributed by atoms with Gasteiger partial charge in [-0.05, 0) is 43.5 Å². The fourth-order valence-corrected chi connectivity index (χ4v) is 2.73. The molecule has 0 aliphatic carbocycles. The molecule has 0 spiro atoms. The second kappa shape index (κ2) is 6.83. The predicted molar refractivity (Wildman–Crippen MR) is 72.1 cm³/mol. The minimum absolute atomic E-state index is 0.446. The Labute approximate surface area is 109 Å². The average molecular weight is 249 g/mol. The summed E-state index contributed by atoms with van der Waals surface area (Å²) >= 11 is 0. The molecule has 2 rings (SSSR count). The third-order valence-electron chi connectivity index (χ3n) is 3.80. The topological polar surface area (TPSA) is 51.4 Å². The van der Waals surface area contributed by atoms with E-state index in [1.165, 1.54) is 5.56 Å². The van der Waals surface area contributed by atoms with E-state index in [1.807, 2.05) is 12.4 Å². The lowest BCUT2D eigenvalue weighted by Gasteiger charge is -2.36. The summed E-state index contributed by atoms with van der Waals surface area (Å²) in [5.41, 5.74) is 7.25. The molecule has 4 nitrogen and oxygen atoms in total. The van der Waals surface area contributed by atoms with Crippen LogP contribution >= 0.6 is 0 Å². The molecule has 1 saturated heterocycles. The smallest absolute Gasteiger partial charge is 0.0469 e. The van der Waals surface area contributed by atoms with Crippen LogP contribution in [0.1, 0.15) is 18.4 Å². The van der Waals surface area contributed by atoms with Crippen molar-refractivity contribution in [1.29, 1.82) is 0 Å². The van der Waals surface area contributed by atoms with Gasteiger partial charge in [-0.3, -0.25) is 9.88 Å². The van der Waals surface area contributed by atoms with Gasteiger partial charge in [0.25, 0.3) is 0 Å². The highest BCUT2D eigenvalue weighted by molar-refractivity contribution is 5.09. The third-order valence-corrected chi connectivity index (χ3v) is 3.80. The molecule has 0 radical (unpaired) electrons. The first-order chi connectivity index (χ1) is 8.81. The van der Waals surface area contributed by atoms with Crippen LogP contribution in [0.4, 0.5) is 0 Å². The van der Waals surface area contributed by atoms with E-state index in [0.29, 0.717) is 18.5 Å². The van der Waals surface area contributed by atoms with Gasteiger partial charge in [0.2, 0.25) is 0 Å². The Morgan fingerprint density at radius 1 is 1.39 bits per heavy atom. The van der Waals surface area contributed by atoms with Crippen LogP contribution in [-0.2, 0) is 11.3 Å². The molecule has 0 bridgehead atoms. The summed E-state index contributed by atoms with van der Waals surface area (Å²) in [6, 6.07) is 4.57. The molecule has 100 valence electrons. The van der Waals surface area contributed by atoms with Gasteiger partial charge in [0, 0.05) is 44.7 Å². The van der Waals surface area contributed by atoms with E-state index in [0.717, 1.165) is 32.6 Å². The van der Waals surface area contributed by atoms with Crippen molar-refractivity contribution in [3.05, 3.63) is 30.1 Å². The van der Waals surface area contributed by atoms with Crippen LogP contribution in [-0.4, -0.2) is 42.7 Å². The van der Waals surface area contributed by atoms with Gasteiger partial charge in [-0.2, -0.15) is 0 Å². The molecule has 0 amide bonds. The summed E-state index contributed by atoms with van der Waals surface area (Å²) in [5.74, 6) is 0.663. The van der Waals surface area contributed by atoms with Gasteiger partial charge in [-0.15, -0.1) is 0 Å². The van der Waals surface area contributed by atoms with Gasteiger partial charge >= 0.3 is 0 Å². The zero-order valence-corrected chi connectivity index (χ0v) is 11.1. The second-order valence-electron chi connectivity index (χ2n) is 5.02. The summed E-state index contributed by atoms with van der Waals surface area (Å²) in [4.78, 5) is 6.41. The quantitative estimate of drug-likeness (QED) is 0.854. The Balaban J connectivity index is 1.94. The minimum Gasteiger partial charge on any atom is -0.381 e. The molecule has 18 heavy (non-hydrogen) atoms. The standard InChI is InChI=1S/C14H23N3O/c1-17(11-12-2-6-16-7-3-12)14(10-15)13-4-8-18-9-5-13/h2-3,6-7,13-14H,4-5,8-11,15H2,1H3. The largest absolute Gasteiger partial charge is 0.381 e. The Bertz CT molecular complexity index is 338. The van der Waals surface area contributed by atoms with Crippen molar-refractivity contribution in [2.45, 2.75) is 25.4 Å². The molecule has 1 unspecified atom stereocenters. The summed E-state index contributed by atoms with van der Waals surface area (Å²) in [6.45, 7) is 3.41. The lowest BCUT2D eigenvalue weighted by Crippen LogP contribution is -2.44.